The second-order valence-corrected chi connectivity index (χ2v) is 4.59. The third-order valence-corrected chi connectivity index (χ3v) is 3.55. The van der Waals surface area contributed by atoms with E-state index in [1.807, 2.05) is 27.7 Å². The fraction of sp³-hybridized carbons (Fsp3) is 0.667. The first-order chi connectivity index (χ1) is 9.31. The highest BCUT2D eigenvalue weighted by Gasteiger charge is 2.12. The molecule has 2 heteroatoms. The van der Waals surface area contributed by atoms with Crippen molar-refractivity contribution in [3.05, 3.63) is 29.8 Å². The maximum Gasteiger partial charge on any atom is 0.0366 e. The van der Waals surface area contributed by atoms with Crippen LogP contribution in [0, 0.1) is 0 Å². The Bertz CT molecular complexity index is 302. The van der Waals surface area contributed by atoms with Crippen molar-refractivity contribution in [2.45, 2.75) is 66.7 Å². The Hall–Kier alpha value is -0.550. The number of hydrogen-bond donors (Lipinski definition) is 0. The molecule has 1 fully saturated rings. The van der Waals surface area contributed by atoms with E-state index in [2.05, 4.69) is 43.0 Å². The van der Waals surface area contributed by atoms with Crippen LogP contribution >= 0.6 is 9.90 Å². The van der Waals surface area contributed by atoms with Gasteiger partial charge in [-0.1, -0.05) is 53.7 Å². The first kappa shape index (κ1) is 21.7. The number of nitrogens with zero attached hydrogens (tertiary/aromatic N) is 1. The van der Waals surface area contributed by atoms with Crippen molar-refractivity contribution in [3.8, 4) is 0 Å². The van der Waals surface area contributed by atoms with Gasteiger partial charge in [0.1, 0.15) is 0 Å². The molecule has 0 bridgehead atoms. The first-order valence-electron chi connectivity index (χ1n) is 8.16. The van der Waals surface area contributed by atoms with E-state index in [4.69, 9.17) is 0 Å². The summed E-state index contributed by atoms with van der Waals surface area (Å²) in [6.45, 7) is 15.0. The van der Waals surface area contributed by atoms with Crippen LogP contribution in [0.15, 0.2) is 24.3 Å². The molecule has 2 rings (SSSR count). The summed E-state index contributed by atoms with van der Waals surface area (Å²) in [6, 6.07) is 9.16. The summed E-state index contributed by atoms with van der Waals surface area (Å²) in [7, 11) is 0. The smallest absolute Gasteiger partial charge is 0.0366 e. The zero-order chi connectivity index (χ0) is 14.7. The third kappa shape index (κ3) is 6.75. The van der Waals surface area contributed by atoms with Gasteiger partial charge in [0.25, 0.3) is 0 Å². The van der Waals surface area contributed by atoms with Gasteiger partial charge in [-0.25, -0.2) is 0 Å². The Balaban J connectivity index is 0. The third-order valence-electron chi connectivity index (χ3n) is 3.55. The molecule has 1 aromatic carbocycles. The summed E-state index contributed by atoms with van der Waals surface area (Å²) >= 11 is 0. The second kappa shape index (κ2) is 13.4. The second-order valence-electron chi connectivity index (χ2n) is 4.59. The van der Waals surface area contributed by atoms with Gasteiger partial charge in [-0.2, -0.15) is 9.90 Å². The van der Waals surface area contributed by atoms with E-state index in [1.54, 1.807) is 0 Å². The van der Waals surface area contributed by atoms with Crippen molar-refractivity contribution in [3.63, 3.8) is 0 Å². The largest absolute Gasteiger partial charge is 0.372 e. The molecule has 0 radical (unpaired) electrons. The number of benzene rings is 1. The van der Waals surface area contributed by atoms with Crippen molar-refractivity contribution in [1.82, 2.24) is 0 Å². The van der Waals surface area contributed by atoms with Crippen molar-refractivity contribution in [2.24, 2.45) is 0 Å². The van der Waals surface area contributed by atoms with Gasteiger partial charge in [-0.15, -0.1) is 0 Å². The summed E-state index contributed by atoms with van der Waals surface area (Å²) in [4.78, 5) is 2.49. The molecule has 1 aliphatic rings. The molecule has 0 aromatic heterocycles. The molecule has 0 aliphatic carbocycles. The molecule has 0 saturated carbocycles. The van der Waals surface area contributed by atoms with E-state index in [1.165, 1.54) is 43.6 Å². The van der Waals surface area contributed by atoms with E-state index in [9.17, 15) is 0 Å². The zero-order valence-electron chi connectivity index (χ0n) is 14.6. The predicted molar refractivity (Wildman–Crippen MR) is 100 cm³/mol. The topological polar surface area (TPSA) is 3.24 Å². The highest BCUT2D eigenvalue weighted by Crippen LogP contribution is 2.24. The molecular formula is C18H36NP. The van der Waals surface area contributed by atoms with Gasteiger partial charge in [0.2, 0.25) is 0 Å². The molecular weight excluding hydrogens is 261 g/mol. The summed E-state index contributed by atoms with van der Waals surface area (Å²) in [5, 5.41) is 0. The van der Waals surface area contributed by atoms with Crippen LogP contribution in [0.25, 0.3) is 0 Å². The van der Waals surface area contributed by atoms with Gasteiger partial charge in [0, 0.05) is 18.8 Å². The molecule has 2 unspecified atom stereocenters. The average molecular weight is 297 g/mol. The Kier molecular flexibility index (Phi) is 14.6. The van der Waals surface area contributed by atoms with E-state index >= 15 is 0 Å². The zero-order valence-corrected chi connectivity index (χ0v) is 16.0. The molecule has 1 heterocycles. The van der Waals surface area contributed by atoms with Crippen molar-refractivity contribution in [2.75, 3.05) is 18.0 Å². The average Bonchev–Trinajstić information content (AvgIpc) is 3.05. The van der Waals surface area contributed by atoms with Crippen LogP contribution < -0.4 is 4.90 Å². The normalized spacial score (nSPS) is 14.2. The highest BCUT2D eigenvalue weighted by molar-refractivity contribution is 6.92. The highest BCUT2D eigenvalue weighted by atomic mass is 31.0. The van der Waals surface area contributed by atoms with Gasteiger partial charge in [0.05, 0.1) is 0 Å². The Morgan fingerprint density at radius 3 is 1.80 bits per heavy atom. The van der Waals surface area contributed by atoms with Crippen LogP contribution in [-0.2, 0) is 0 Å². The summed E-state index contributed by atoms with van der Waals surface area (Å²) in [5.74, 6) is 0.692. The van der Waals surface area contributed by atoms with Gasteiger partial charge >= 0.3 is 0 Å². The summed E-state index contributed by atoms with van der Waals surface area (Å²) in [6.07, 6.45) is 3.93. The van der Waals surface area contributed by atoms with E-state index in [0.717, 1.165) is 0 Å². The molecule has 1 nitrogen and oxygen atoms in total. The van der Waals surface area contributed by atoms with Crippen molar-refractivity contribution >= 4 is 15.6 Å². The lowest BCUT2D eigenvalue weighted by molar-refractivity contribution is 0.733. The molecule has 1 saturated heterocycles. The standard InChI is InChI=1S/C14H21N.2C2H6.H3P/c1-3-12(2)13-6-8-14(9-7-13)15-10-4-5-11-15;2*1-2;/h6-9,12H,3-5,10-11H2,1-2H3;2*1-2H3;1H3. The Morgan fingerprint density at radius 1 is 0.950 bits per heavy atom. The number of anilines is 1. The van der Waals surface area contributed by atoms with Crippen LogP contribution in [0.3, 0.4) is 0 Å². The maximum absolute atomic E-state index is 2.49. The lowest BCUT2D eigenvalue weighted by atomic mass is 9.98. The van der Waals surface area contributed by atoms with E-state index in [-0.39, 0.29) is 9.90 Å². The minimum absolute atomic E-state index is 0. The molecule has 2 atom stereocenters. The van der Waals surface area contributed by atoms with Crippen LogP contribution in [0.5, 0.6) is 0 Å². The fourth-order valence-electron chi connectivity index (χ4n) is 2.22. The molecule has 0 N–H and O–H groups in total. The van der Waals surface area contributed by atoms with Crippen LogP contribution in [0.1, 0.15) is 72.3 Å². The molecule has 1 aromatic rings. The van der Waals surface area contributed by atoms with E-state index in [0.29, 0.717) is 5.92 Å². The molecule has 118 valence electrons. The SMILES string of the molecule is CC.CC.CCC(C)c1ccc(N2CCCC2)cc1.P. The molecule has 0 spiro atoms. The lowest BCUT2D eigenvalue weighted by Crippen LogP contribution is -2.17. The predicted octanol–water partition coefficient (Wildman–Crippen LogP) is 5.91. The molecule has 0 amide bonds. The van der Waals surface area contributed by atoms with Crippen LogP contribution in [0.2, 0.25) is 0 Å². The lowest BCUT2D eigenvalue weighted by Gasteiger charge is -2.18. The van der Waals surface area contributed by atoms with Crippen LogP contribution in [-0.4, -0.2) is 13.1 Å². The van der Waals surface area contributed by atoms with Crippen molar-refractivity contribution in [1.29, 1.82) is 0 Å². The minimum Gasteiger partial charge on any atom is -0.372 e. The van der Waals surface area contributed by atoms with Crippen LogP contribution in [0.4, 0.5) is 5.69 Å². The molecule has 20 heavy (non-hydrogen) atoms. The molecule has 1 aliphatic heterocycles. The Morgan fingerprint density at radius 2 is 1.40 bits per heavy atom. The maximum atomic E-state index is 2.49. The van der Waals surface area contributed by atoms with Gasteiger partial charge in [-0.05, 0) is 42.9 Å². The van der Waals surface area contributed by atoms with Gasteiger partial charge in [0.15, 0.2) is 0 Å². The fourth-order valence-corrected chi connectivity index (χ4v) is 2.22. The number of hydrogen-bond acceptors (Lipinski definition) is 1. The monoisotopic (exact) mass is 297 g/mol. The van der Waals surface area contributed by atoms with Crippen molar-refractivity contribution < 1.29 is 0 Å². The van der Waals surface area contributed by atoms with Gasteiger partial charge < -0.3 is 4.90 Å². The first-order valence-corrected chi connectivity index (χ1v) is 8.16. The Labute approximate surface area is 130 Å². The summed E-state index contributed by atoms with van der Waals surface area (Å²) < 4.78 is 0. The minimum atomic E-state index is 0. The number of rotatable bonds is 3. The quantitative estimate of drug-likeness (QED) is 0.627. The van der Waals surface area contributed by atoms with E-state index < -0.39 is 0 Å². The van der Waals surface area contributed by atoms with Gasteiger partial charge in [-0.3, -0.25) is 0 Å². The summed E-state index contributed by atoms with van der Waals surface area (Å²) in [5.41, 5.74) is 2.88.